The quantitative estimate of drug-likeness (QED) is 0.127. The molecule has 0 spiro atoms. The lowest BCUT2D eigenvalue weighted by Crippen LogP contribution is -2.10. The van der Waals surface area contributed by atoms with Crippen molar-refractivity contribution in [2.45, 2.75) is 19.6 Å². The molecule has 2 N–H and O–H groups in total. The van der Waals surface area contributed by atoms with Crippen molar-refractivity contribution in [2.75, 3.05) is 0 Å². The molecule has 0 amide bonds. The van der Waals surface area contributed by atoms with Crippen molar-refractivity contribution in [1.82, 2.24) is 0 Å². The molecular weight excluding hydrogens is 657 g/mol. The summed E-state index contributed by atoms with van der Waals surface area (Å²) >= 11 is 0. The van der Waals surface area contributed by atoms with Gasteiger partial charge < -0.3 is 8.37 Å². The van der Waals surface area contributed by atoms with Gasteiger partial charge in [-0.1, -0.05) is 72.8 Å². The van der Waals surface area contributed by atoms with Gasteiger partial charge in [0.2, 0.25) is 0 Å². The Morgan fingerprint density at radius 1 is 0.477 bits per heavy atom. The minimum absolute atomic E-state index is 0.520. The largest absolute Gasteiger partial charge is 0.387 e. The summed E-state index contributed by atoms with van der Waals surface area (Å²) in [5.74, 6) is 0. The molecular formula is C28H22O12S4. The number of rotatable bonds is 11. The van der Waals surface area contributed by atoms with E-state index in [0.29, 0.717) is 23.3 Å². The van der Waals surface area contributed by atoms with E-state index in [2.05, 4.69) is 0 Å². The lowest BCUT2D eigenvalue weighted by atomic mass is 10.1. The minimum atomic E-state index is -5.23. The van der Waals surface area contributed by atoms with E-state index in [1.807, 2.05) is 0 Å². The smallest absolute Gasteiger partial charge is 0.338 e. The molecule has 44 heavy (non-hydrogen) atoms. The van der Waals surface area contributed by atoms with Crippen molar-refractivity contribution in [3.05, 3.63) is 121 Å². The first-order valence-corrected chi connectivity index (χ1v) is 17.8. The second kappa shape index (κ2) is 12.7. The summed E-state index contributed by atoms with van der Waals surface area (Å²) in [5, 5.41) is 0. The molecule has 0 fully saturated rings. The summed E-state index contributed by atoms with van der Waals surface area (Å²) < 4.78 is 130. The summed E-state index contributed by atoms with van der Waals surface area (Å²) in [7, 11) is -19.7. The fourth-order valence-corrected chi connectivity index (χ4v) is 7.02. The molecule has 0 saturated heterocycles. The van der Waals surface area contributed by atoms with Crippen LogP contribution < -0.4 is 0 Å². The molecule has 4 aromatic rings. The molecule has 0 heterocycles. The Labute approximate surface area is 254 Å². The van der Waals surface area contributed by atoms with Gasteiger partial charge in [0.25, 0.3) is 20.2 Å². The average molecular weight is 679 g/mol. The molecule has 4 aromatic carbocycles. The van der Waals surface area contributed by atoms with Gasteiger partial charge in [-0.05, 0) is 47.5 Å². The van der Waals surface area contributed by atoms with Gasteiger partial charge in [-0.3, -0.25) is 9.11 Å². The van der Waals surface area contributed by atoms with E-state index >= 15 is 0 Å². The molecule has 0 unspecified atom stereocenters. The second-order valence-electron chi connectivity index (χ2n) is 8.79. The average Bonchev–Trinajstić information content (AvgIpc) is 2.96. The molecule has 230 valence electrons. The number of hydrogen-bond donors (Lipinski definition) is 2. The van der Waals surface area contributed by atoms with Gasteiger partial charge in [0.05, 0.1) is 0 Å². The van der Waals surface area contributed by atoms with Gasteiger partial charge in [-0.2, -0.15) is 33.7 Å². The monoisotopic (exact) mass is 678 g/mol. The summed E-state index contributed by atoms with van der Waals surface area (Å²) in [6, 6.07) is 21.4. The number of benzene rings is 4. The predicted molar refractivity (Wildman–Crippen MR) is 159 cm³/mol. The molecule has 4 rings (SSSR count). The molecule has 0 aliphatic carbocycles. The zero-order valence-electron chi connectivity index (χ0n) is 22.2. The summed E-state index contributed by atoms with van der Waals surface area (Å²) in [5.41, 5.74) is 0.0375. The van der Waals surface area contributed by atoms with Gasteiger partial charge >= 0.3 is 20.2 Å². The van der Waals surface area contributed by atoms with Gasteiger partial charge in [0.1, 0.15) is 32.1 Å². The van der Waals surface area contributed by atoms with Crippen LogP contribution in [0.1, 0.15) is 11.1 Å². The van der Waals surface area contributed by atoms with E-state index in [-0.39, 0.29) is 0 Å². The Bertz CT molecular complexity index is 2020. The third-order valence-electron chi connectivity index (χ3n) is 5.81. The summed E-state index contributed by atoms with van der Waals surface area (Å²) in [4.78, 5) is -3.59. The Morgan fingerprint density at radius 2 is 0.818 bits per heavy atom. The van der Waals surface area contributed by atoms with E-state index in [1.54, 1.807) is 60.7 Å². The van der Waals surface area contributed by atoms with Crippen LogP contribution in [0.25, 0.3) is 23.3 Å². The topological polar surface area (TPSA) is 195 Å². The van der Waals surface area contributed by atoms with Crippen LogP contribution in [-0.4, -0.2) is 42.8 Å². The Morgan fingerprint density at radius 3 is 1.14 bits per heavy atom. The first-order chi connectivity index (χ1) is 20.6. The van der Waals surface area contributed by atoms with Crippen LogP contribution in [0.15, 0.2) is 129 Å². The van der Waals surface area contributed by atoms with E-state index in [9.17, 15) is 42.8 Å². The highest BCUT2D eigenvalue weighted by molar-refractivity contribution is 7.88. The highest BCUT2D eigenvalue weighted by atomic mass is 32.2. The van der Waals surface area contributed by atoms with Crippen LogP contribution in [0.2, 0.25) is 0 Å². The third kappa shape index (κ3) is 7.98. The lowest BCUT2D eigenvalue weighted by molar-refractivity contribution is 0.443. The van der Waals surface area contributed by atoms with Crippen molar-refractivity contribution in [3.63, 3.8) is 0 Å². The lowest BCUT2D eigenvalue weighted by Gasteiger charge is -2.14. The Hall–Kier alpha value is -4.32. The molecule has 0 radical (unpaired) electrons. The highest BCUT2D eigenvalue weighted by Crippen LogP contribution is 2.36. The molecule has 12 nitrogen and oxygen atoms in total. The van der Waals surface area contributed by atoms with E-state index in [4.69, 9.17) is 8.37 Å². The molecule has 16 heteroatoms. The first kappa shape index (κ1) is 32.6. The fourth-order valence-electron chi connectivity index (χ4n) is 3.79. The van der Waals surface area contributed by atoms with E-state index in [0.717, 1.165) is 36.8 Å². The first-order valence-electron chi connectivity index (χ1n) is 12.1. The Balaban J connectivity index is 1.74. The molecule has 0 aliphatic rings. The maximum atomic E-state index is 12.7. The number of hydrogen-bond acceptors (Lipinski definition) is 10. The predicted octanol–water partition coefficient (Wildman–Crippen LogP) is 4.60. The SMILES string of the molecule is O=S(=O)(O)c1cc(S(=O)(=O)OC=Cc2ccccc2)ccc1-c1ccc(S(=O)(=O)OC=Cc2ccccc2)cc1S(=O)(=O)O. The van der Waals surface area contributed by atoms with Gasteiger partial charge in [-0.15, -0.1) is 0 Å². The Kier molecular flexibility index (Phi) is 9.43. The molecule has 0 saturated carbocycles. The maximum absolute atomic E-state index is 12.7. The molecule has 0 aliphatic heterocycles. The van der Waals surface area contributed by atoms with Crippen LogP contribution >= 0.6 is 0 Å². The van der Waals surface area contributed by atoms with Crippen molar-refractivity contribution in [1.29, 1.82) is 0 Å². The normalized spacial score (nSPS) is 12.9. The minimum Gasteiger partial charge on any atom is -0.387 e. The summed E-state index contributed by atoms with van der Waals surface area (Å²) in [6.45, 7) is 0. The van der Waals surface area contributed by atoms with Crippen LogP contribution in [0, 0.1) is 0 Å². The van der Waals surface area contributed by atoms with Crippen molar-refractivity contribution >= 4 is 52.6 Å². The van der Waals surface area contributed by atoms with Gasteiger partial charge in [0.15, 0.2) is 0 Å². The summed E-state index contributed by atoms with van der Waals surface area (Å²) in [6.07, 6.45) is 4.34. The third-order valence-corrected chi connectivity index (χ3v) is 9.99. The molecule has 0 aromatic heterocycles. The standard InChI is InChI=1S/C28H22O12S4/c29-41(30,31)27-19-23(43(35,36)39-17-15-21-7-3-1-4-8-21)11-13-25(27)26-14-12-24(20-28(26)42(32,33)34)44(37,38)40-18-16-22-9-5-2-6-10-22/h1-20H,(H,29,30,31)(H,32,33,34). The van der Waals surface area contributed by atoms with Crippen molar-refractivity contribution < 1.29 is 51.1 Å². The van der Waals surface area contributed by atoms with Gasteiger partial charge in [0, 0.05) is 11.1 Å². The molecule has 0 bridgehead atoms. The van der Waals surface area contributed by atoms with Crippen molar-refractivity contribution in [2.24, 2.45) is 0 Å². The molecule has 0 atom stereocenters. The van der Waals surface area contributed by atoms with Crippen molar-refractivity contribution in [3.8, 4) is 11.1 Å². The second-order valence-corrected chi connectivity index (χ2v) is 14.7. The van der Waals surface area contributed by atoms with Crippen LogP contribution in [0.3, 0.4) is 0 Å². The van der Waals surface area contributed by atoms with E-state index in [1.165, 1.54) is 12.2 Å². The fraction of sp³-hybridized carbons (Fsp3) is 0. The zero-order valence-corrected chi connectivity index (χ0v) is 25.4. The maximum Gasteiger partial charge on any atom is 0.338 e. The van der Waals surface area contributed by atoms with Crippen LogP contribution in [0.4, 0.5) is 0 Å². The zero-order chi connectivity index (χ0) is 32.2. The van der Waals surface area contributed by atoms with Crippen LogP contribution in [0.5, 0.6) is 0 Å². The highest BCUT2D eigenvalue weighted by Gasteiger charge is 2.28. The van der Waals surface area contributed by atoms with Crippen LogP contribution in [-0.2, 0) is 48.8 Å². The van der Waals surface area contributed by atoms with Gasteiger partial charge in [-0.25, -0.2) is 0 Å². The van der Waals surface area contributed by atoms with E-state index < -0.39 is 71.2 Å².